The lowest BCUT2D eigenvalue weighted by atomic mass is 9.52. The monoisotopic (exact) mass is 559 g/mol. The number of halogens is 6. The van der Waals surface area contributed by atoms with Crippen molar-refractivity contribution in [1.82, 2.24) is 4.98 Å². The molecule has 6 radical (unpaired) electrons. The fourth-order valence-corrected chi connectivity index (χ4v) is 3.20. The Balaban J connectivity index is 2.06. The van der Waals surface area contributed by atoms with Crippen molar-refractivity contribution >= 4 is 41.0 Å². The molecule has 0 spiro atoms. The summed E-state index contributed by atoms with van der Waals surface area (Å²) >= 11 is 0. The van der Waals surface area contributed by atoms with Crippen molar-refractivity contribution in [3.63, 3.8) is 0 Å². The highest BCUT2D eigenvalue weighted by molar-refractivity contribution is 6.58. The molecule has 1 heterocycles. The van der Waals surface area contributed by atoms with E-state index in [9.17, 15) is 31.5 Å². The first-order valence-electron chi connectivity index (χ1n) is 10.8. The van der Waals surface area contributed by atoms with Crippen LogP contribution in [0.25, 0.3) is 0 Å². The van der Waals surface area contributed by atoms with E-state index in [1.807, 2.05) is 0 Å². The number of hydrogen-bond donors (Lipinski definition) is 2. The van der Waals surface area contributed by atoms with Gasteiger partial charge in [-0.05, 0) is 35.1 Å². The van der Waals surface area contributed by atoms with E-state index in [4.69, 9.17) is 38.7 Å². The predicted molar refractivity (Wildman–Crippen MR) is 131 cm³/mol. The number of aromatic nitrogens is 1. The molecule has 0 saturated heterocycles. The van der Waals surface area contributed by atoms with Crippen LogP contribution < -0.4 is 25.3 Å². The molecular weight excluding hydrogens is 545 g/mol. The van der Waals surface area contributed by atoms with Crippen molar-refractivity contribution in [2.24, 2.45) is 5.73 Å². The third-order valence-corrected chi connectivity index (χ3v) is 4.67. The summed E-state index contributed by atoms with van der Waals surface area (Å²) in [6, 6.07) is 6.29. The molecule has 0 aliphatic rings. The van der Waals surface area contributed by atoms with Crippen LogP contribution in [0.1, 0.15) is 26.4 Å². The Hall–Kier alpha value is -4.30. The van der Waals surface area contributed by atoms with Gasteiger partial charge in [0.1, 0.15) is 52.1 Å². The Bertz CT molecular complexity index is 1400. The van der Waals surface area contributed by atoms with Crippen molar-refractivity contribution in [1.29, 1.82) is 0 Å². The van der Waals surface area contributed by atoms with Crippen LogP contribution in [-0.4, -0.2) is 58.4 Å². The minimum Gasteiger partial charge on any atom is -0.512 e. The molecule has 202 valence electrons. The molecule has 40 heavy (non-hydrogen) atoms. The van der Waals surface area contributed by atoms with Crippen LogP contribution in [0.2, 0.25) is 0 Å². The van der Waals surface area contributed by atoms with E-state index < -0.39 is 70.7 Å². The van der Waals surface area contributed by atoms with Crippen LogP contribution in [0.15, 0.2) is 48.7 Å². The first kappa shape index (κ1) is 30.2. The normalized spacial score (nSPS) is 11.7. The molecule has 0 aliphatic heterocycles. The van der Waals surface area contributed by atoms with E-state index in [1.54, 1.807) is 0 Å². The van der Waals surface area contributed by atoms with Gasteiger partial charge in [-0.2, -0.15) is 22.0 Å². The fraction of sp³-hybridized carbons (Fsp3) is 0.174. The number of hydrogen-bond acceptors (Lipinski definition) is 6. The van der Waals surface area contributed by atoms with E-state index in [2.05, 4.69) is 15.0 Å². The van der Waals surface area contributed by atoms with E-state index in [0.29, 0.717) is 12.1 Å². The number of benzene rings is 2. The Morgan fingerprint density at radius 3 is 2.25 bits per heavy atom. The zero-order chi connectivity index (χ0) is 29.8. The van der Waals surface area contributed by atoms with Gasteiger partial charge < -0.3 is 25.3 Å². The van der Waals surface area contributed by atoms with Gasteiger partial charge in [0, 0.05) is 12.1 Å². The quantitative estimate of drug-likeness (QED) is 0.291. The minimum atomic E-state index is -4.62. The molecule has 1 aromatic heterocycles. The molecule has 0 aliphatic carbocycles. The molecule has 2 amide bonds. The summed E-state index contributed by atoms with van der Waals surface area (Å²) in [6.45, 7) is -3.39. The molecule has 0 bridgehead atoms. The number of primary amides is 1. The van der Waals surface area contributed by atoms with Crippen molar-refractivity contribution in [3.05, 3.63) is 71.3 Å². The summed E-state index contributed by atoms with van der Waals surface area (Å²) < 4.78 is 94.1. The number of nitrogens with two attached hydrogens (primary N) is 1. The Labute approximate surface area is 226 Å². The Morgan fingerprint density at radius 2 is 1.70 bits per heavy atom. The lowest BCUT2D eigenvalue weighted by Gasteiger charge is -2.26. The number of nitrogens with zero attached hydrogens (tertiary/aromatic N) is 1. The number of carbonyl (C=O) groups excluding carboxylic acids is 2. The topological polar surface area (TPSA) is 113 Å². The smallest absolute Gasteiger partial charge is 0.393 e. The molecule has 0 fully saturated rings. The molecule has 2 aromatic carbocycles. The van der Waals surface area contributed by atoms with Crippen molar-refractivity contribution in [2.45, 2.75) is 24.5 Å². The van der Waals surface area contributed by atoms with Crippen molar-refractivity contribution < 1.29 is 50.1 Å². The molecule has 3 aromatic rings. The standard InChI is InChI=1S/C23H14B3F6N3O5/c24-23(25,26)40-16-5-10(8-22(30,31)32)1-4-15(16)39-17-7-12(38-21(28)29)6-13(27)18(17)20(37)35-11-2-3-14(19(33)36)34-9-11/h1-7,9,21H,8H2,(H2,33,36)(H,35,37). The first-order chi connectivity index (χ1) is 18.5. The van der Waals surface area contributed by atoms with E-state index in [1.165, 1.54) is 6.07 Å². The van der Waals surface area contributed by atoms with Gasteiger partial charge in [0.05, 0.1) is 18.3 Å². The highest BCUT2D eigenvalue weighted by Gasteiger charge is 2.29. The average Bonchev–Trinajstić information content (AvgIpc) is 2.78. The molecule has 8 nitrogen and oxygen atoms in total. The number of alkyl halides is 5. The summed E-state index contributed by atoms with van der Waals surface area (Å²) in [5, 5.41) is -0.165. The number of carbonyl (C=O) groups is 2. The highest BCUT2D eigenvalue weighted by atomic mass is 19.4. The van der Waals surface area contributed by atoms with E-state index in [0.717, 1.165) is 30.5 Å². The average molecular weight is 559 g/mol. The molecule has 17 heteroatoms. The number of nitrogens with one attached hydrogen (secondary N) is 1. The molecule has 3 N–H and O–H groups in total. The summed E-state index contributed by atoms with van der Waals surface area (Å²) in [4.78, 5) is 27.9. The van der Waals surface area contributed by atoms with E-state index >= 15 is 4.39 Å². The Kier molecular flexibility index (Phi) is 8.95. The number of pyridine rings is 1. The lowest BCUT2D eigenvalue weighted by Crippen LogP contribution is -2.37. The molecule has 0 saturated carbocycles. The minimum absolute atomic E-state index is 0.0343. The van der Waals surface area contributed by atoms with Gasteiger partial charge in [-0.15, -0.1) is 0 Å². The highest BCUT2D eigenvalue weighted by Crippen LogP contribution is 2.39. The van der Waals surface area contributed by atoms with Crippen LogP contribution in [0.5, 0.6) is 23.0 Å². The van der Waals surface area contributed by atoms with Crippen molar-refractivity contribution in [3.8, 4) is 23.0 Å². The maximum Gasteiger partial charge on any atom is 0.393 e. The third-order valence-electron chi connectivity index (χ3n) is 4.67. The largest absolute Gasteiger partial charge is 0.512 e. The first-order valence-corrected chi connectivity index (χ1v) is 10.8. The number of ether oxygens (including phenoxy) is 3. The van der Waals surface area contributed by atoms with E-state index in [-0.39, 0.29) is 16.9 Å². The Morgan fingerprint density at radius 1 is 1.00 bits per heavy atom. The number of amides is 2. The van der Waals surface area contributed by atoms with Crippen LogP contribution >= 0.6 is 0 Å². The SMILES string of the molecule is [B]C([B])([B])Oc1cc(CC(F)(F)F)ccc1Oc1cc(OC(F)F)cc(F)c1C(=O)Nc1ccc(C(N)=O)nc1. The fourth-order valence-electron chi connectivity index (χ4n) is 3.20. The van der Waals surface area contributed by atoms with Gasteiger partial charge in [0.15, 0.2) is 11.5 Å². The molecule has 0 unspecified atom stereocenters. The second-order valence-corrected chi connectivity index (χ2v) is 8.04. The maximum absolute atomic E-state index is 15.0. The summed E-state index contributed by atoms with van der Waals surface area (Å²) in [5.74, 6) is -5.99. The van der Waals surface area contributed by atoms with Crippen molar-refractivity contribution in [2.75, 3.05) is 5.32 Å². The second-order valence-electron chi connectivity index (χ2n) is 8.04. The summed E-state index contributed by atoms with van der Waals surface area (Å²) in [5.41, 5.74) is 3.73. The van der Waals surface area contributed by atoms with Gasteiger partial charge in [0.2, 0.25) is 0 Å². The number of anilines is 1. The van der Waals surface area contributed by atoms with Gasteiger partial charge in [0.25, 0.3) is 11.8 Å². The maximum atomic E-state index is 15.0. The zero-order valence-corrected chi connectivity index (χ0v) is 20.0. The molecular formula is C23H14B3F6N3O5. The predicted octanol–water partition coefficient (Wildman–Crippen LogP) is 3.57. The summed E-state index contributed by atoms with van der Waals surface area (Å²) in [7, 11) is 16.2. The third kappa shape index (κ3) is 8.61. The number of rotatable bonds is 10. The second kappa shape index (κ2) is 11.8. The van der Waals surface area contributed by atoms with Crippen LogP contribution in [0.4, 0.5) is 32.0 Å². The van der Waals surface area contributed by atoms with Gasteiger partial charge >= 0.3 is 12.8 Å². The van der Waals surface area contributed by atoms with Crippen LogP contribution in [0, 0.1) is 5.82 Å². The van der Waals surface area contributed by atoms with Crippen LogP contribution in [-0.2, 0) is 6.42 Å². The summed E-state index contributed by atoms with van der Waals surface area (Å²) in [6.07, 6.45) is -5.00. The van der Waals surface area contributed by atoms with Gasteiger partial charge in [-0.25, -0.2) is 9.37 Å². The lowest BCUT2D eigenvalue weighted by molar-refractivity contribution is -0.127. The van der Waals surface area contributed by atoms with Gasteiger partial charge in [-0.3, -0.25) is 9.59 Å². The molecule has 3 rings (SSSR count). The van der Waals surface area contributed by atoms with Crippen LogP contribution in [0.3, 0.4) is 0 Å². The van der Waals surface area contributed by atoms with Gasteiger partial charge in [-0.1, -0.05) is 6.07 Å². The molecule has 0 atom stereocenters. The zero-order valence-electron chi connectivity index (χ0n) is 20.0.